The van der Waals surface area contributed by atoms with Crippen molar-refractivity contribution in [3.05, 3.63) is 23.8 Å². The van der Waals surface area contributed by atoms with Crippen molar-refractivity contribution in [3.8, 4) is 5.75 Å². The van der Waals surface area contributed by atoms with Gasteiger partial charge in [-0.15, -0.1) is 0 Å². The second-order valence-corrected chi connectivity index (χ2v) is 7.42. The minimum atomic E-state index is -0.318. The molecular formula is C21H33N5O5. The van der Waals surface area contributed by atoms with Crippen LogP contribution in [0.2, 0.25) is 0 Å². The van der Waals surface area contributed by atoms with Gasteiger partial charge in [0.1, 0.15) is 5.75 Å². The number of amides is 3. The first kappa shape index (κ1) is 24.6. The Kier molecular flexibility index (Phi) is 10.2. The summed E-state index contributed by atoms with van der Waals surface area (Å²) in [5.41, 5.74) is 1.57. The number of aryl methyl sites for hydroxylation is 1. The molecule has 1 fully saturated rings. The Labute approximate surface area is 183 Å². The second-order valence-electron chi connectivity index (χ2n) is 7.42. The highest BCUT2D eigenvalue weighted by atomic mass is 16.5. The number of rotatable bonds is 11. The summed E-state index contributed by atoms with van der Waals surface area (Å²) in [6.45, 7) is 6.14. The summed E-state index contributed by atoms with van der Waals surface area (Å²) in [6.07, 6.45) is 0. The van der Waals surface area contributed by atoms with Crippen molar-refractivity contribution < 1.29 is 23.9 Å². The molecule has 3 amide bonds. The van der Waals surface area contributed by atoms with E-state index < -0.39 is 0 Å². The van der Waals surface area contributed by atoms with E-state index in [1.807, 2.05) is 24.0 Å². The molecule has 1 aromatic rings. The molecule has 2 rings (SSSR count). The third kappa shape index (κ3) is 8.91. The van der Waals surface area contributed by atoms with Gasteiger partial charge in [-0.25, -0.2) is 0 Å². The highest BCUT2D eigenvalue weighted by molar-refractivity contribution is 5.96. The van der Waals surface area contributed by atoms with E-state index in [-0.39, 0.29) is 30.8 Å². The average Bonchev–Trinajstić information content (AvgIpc) is 2.74. The van der Waals surface area contributed by atoms with Gasteiger partial charge in [-0.1, -0.05) is 6.07 Å². The Hall–Kier alpha value is -2.69. The Morgan fingerprint density at radius 2 is 1.55 bits per heavy atom. The molecule has 1 aromatic carbocycles. The van der Waals surface area contributed by atoms with E-state index in [1.165, 1.54) is 7.11 Å². The van der Waals surface area contributed by atoms with Gasteiger partial charge in [0.05, 0.1) is 39.0 Å². The minimum Gasteiger partial charge on any atom is -0.495 e. The fraction of sp³-hybridized carbons (Fsp3) is 0.571. The van der Waals surface area contributed by atoms with Crippen molar-refractivity contribution in [2.45, 2.75) is 6.92 Å². The molecule has 31 heavy (non-hydrogen) atoms. The van der Waals surface area contributed by atoms with Crippen LogP contribution in [0.5, 0.6) is 5.75 Å². The van der Waals surface area contributed by atoms with Gasteiger partial charge in [-0.2, -0.15) is 0 Å². The molecule has 1 aliphatic heterocycles. The summed E-state index contributed by atoms with van der Waals surface area (Å²) in [7, 11) is 3.13. The van der Waals surface area contributed by atoms with Gasteiger partial charge in [0.25, 0.3) is 0 Å². The van der Waals surface area contributed by atoms with Crippen LogP contribution in [0.1, 0.15) is 5.56 Å². The molecule has 0 aliphatic carbocycles. The molecule has 172 valence electrons. The third-order valence-electron chi connectivity index (χ3n) is 4.90. The molecule has 0 saturated carbocycles. The van der Waals surface area contributed by atoms with Crippen molar-refractivity contribution in [2.75, 3.05) is 78.5 Å². The topological polar surface area (TPSA) is 112 Å². The summed E-state index contributed by atoms with van der Waals surface area (Å²) in [6, 6.07) is 5.49. The Morgan fingerprint density at radius 3 is 2.13 bits per heavy atom. The van der Waals surface area contributed by atoms with Crippen molar-refractivity contribution in [2.24, 2.45) is 0 Å². The number of piperazine rings is 1. The van der Waals surface area contributed by atoms with E-state index in [1.54, 1.807) is 13.2 Å². The van der Waals surface area contributed by atoms with E-state index in [9.17, 15) is 14.4 Å². The predicted octanol–water partition coefficient (Wildman–Crippen LogP) is -0.561. The number of benzene rings is 1. The van der Waals surface area contributed by atoms with Gasteiger partial charge < -0.3 is 25.4 Å². The first-order valence-corrected chi connectivity index (χ1v) is 10.3. The standard InChI is InChI=1S/C21H33N5O5/c1-16-4-5-18(31-3)17(12-16)24-19(27)13-23-21(29)15-26-9-7-25(8-10-26)14-20(28)22-6-11-30-2/h4-5,12H,6-11,13-15H2,1-3H3,(H,22,28)(H,23,29)(H,24,27). The number of carbonyl (C=O) groups excluding carboxylic acids is 3. The lowest BCUT2D eigenvalue weighted by molar-refractivity contribution is -0.126. The maximum Gasteiger partial charge on any atom is 0.243 e. The van der Waals surface area contributed by atoms with Gasteiger partial charge in [0.2, 0.25) is 17.7 Å². The predicted molar refractivity (Wildman–Crippen MR) is 117 cm³/mol. The largest absolute Gasteiger partial charge is 0.495 e. The molecule has 0 spiro atoms. The Balaban J connectivity index is 1.65. The number of ether oxygens (including phenoxy) is 2. The molecule has 10 heteroatoms. The zero-order chi connectivity index (χ0) is 22.6. The number of methoxy groups -OCH3 is 2. The minimum absolute atomic E-state index is 0.0282. The molecular weight excluding hydrogens is 402 g/mol. The molecule has 1 aliphatic rings. The van der Waals surface area contributed by atoms with E-state index in [2.05, 4.69) is 20.9 Å². The smallest absolute Gasteiger partial charge is 0.243 e. The van der Waals surface area contributed by atoms with Gasteiger partial charge in [0.15, 0.2) is 0 Å². The molecule has 1 saturated heterocycles. The number of nitrogens with one attached hydrogen (secondary N) is 3. The van der Waals surface area contributed by atoms with Crippen molar-refractivity contribution in [1.82, 2.24) is 20.4 Å². The zero-order valence-electron chi connectivity index (χ0n) is 18.5. The maximum absolute atomic E-state index is 12.2. The van der Waals surface area contributed by atoms with Gasteiger partial charge in [-0.3, -0.25) is 24.2 Å². The molecule has 1 heterocycles. The monoisotopic (exact) mass is 435 g/mol. The van der Waals surface area contributed by atoms with Gasteiger partial charge >= 0.3 is 0 Å². The van der Waals surface area contributed by atoms with Crippen LogP contribution in [-0.4, -0.2) is 101 Å². The van der Waals surface area contributed by atoms with Crippen LogP contribution in [0.15, 0.2) is 18.2 Å². The number of carbonyl (C=O) groups is 3. The number of anilines is 1. The van der Waals surface area contributed by atoms with Crippen LogP contribution < -0.4 is 20.7 Å². The molecule has 0 unspecified atom stereocenters. The molecule has 0 atom stereocenters. The summed E-state index contributed by atoms with van der Waals surface area (Å²) < 4.78 is 10.2. The highest BCUT2D eigenvalue weighted by Gasteiger charge is 2.20. The molecule has 10 nitrogen and oxygen atoms in total. The molecule has 0 bridgehead atoms. The number of nitrogens with zero attached hydrogens (tertiary/aromatic N) is 2. The normalized spacial score (nSPS) is 14.7. The van der Waals surface area contributed by atoms with Crippen LogP contribution in [-0.2, 0) is 19.1 Å². The third-order valence-corrected chi connectivity index (χ3v) is 4.90. The number of hydrogen-bond acceptors (Lipinski definition) is 7. The van der Waals surface area contributed by atoms with Crippen molar-refractivity contribution in [3.63, 3.8) is 0 Å². The van der Waals surface area contributed by atoms with Crippen LogP contribution >= 0.6 is 0 Å². The average molecular weight is 436 g/mol. The highest BCUT2D eigenvalue weighted by Crippen LogP contribution is 2.24. The van der Waals surface area contributed by atoms with Crippen LogP contribution in [0.4, 0.5) is 5.69 Å². The SMILES string of the molecule is COCCNC(=O)CN1CCN(CC(=O)NCC(=O)Nc2cc(C)ccc2OC)CC1. The first-order valence-electron chi connectivity index (χ1n) is 10.3. The van der Waals surface area contributed by atoms with E-state index in [0.717, 1.165) is 5.56 Å². The second kappa shape index (κ2) is 12.9. The summed E-state index contributed by atoms with van der Waals surface area (Å²) in [5, 5.41) is 8.21. The van der Waals surface area contributed by atoms with Crippen molar-refractivity contribution in [1.29, 1.82) is 0 Å². The Morgan fingerprint density at radius 1 is 0.935 bits per heavy atom. The lowest BCUT2D eigenvalue weighted by Gasteiger charge is -2.33. The quantitative estimate of drug-likeness (QED) is 0.400. The van der Waals surface area contributed by atoms with E-state index in [4.69, 9.17) is 9.47 Å². The fourth-order valence-corrected chi connectivity index (χ4v) is 3.21. The number of hydrogen-bond donors (Lipinski definition) is 3. The first-order chi connectivity index (χ1) is 14.9. The molecule has 0 aromatic heterocycles. The van der Waals surface area contributed by atoms with Crippen LogP contribution in [0, 0.1) is 6.92 Å². The van der Waals surface area contributed by atoms with Gasteiger partial charge in [0, 0.05) is 39.8 Å². The van der Waals surface area contributed by atoms with Gasteiger partial charge in [-0.05, 0) is 24.6 Å². The van der Waals surface area contributed by atoms with Crippen LogP contribution in [0.3, 0.4) is 0 Å². The molecule has 3 N–H and O–H groups in total. The summed E-state index contributed by atoms with van der Waals surface area (Å²) in [5.74, 6) is 0.00805. The summed E-state index contributed by atoms with van der Waals surface area (Å²) in [4.78, 5) is 40.3. The zero-order valence-corrected chi connectivity index (χ0v) is 18.5. The van der Waals surface area contributed by atoms with E-state index >= 15 is 0 Å². The Bertz CT molecular complexity index is 750. The maximum atomic E-state index is 12.2. The fourth-order valence-electron chi connectivity index (χ4n) is 3.21. The lowest BCUT2D eigenvalue weighted by atomic mass is 10.2. The van der Waals surface area contributed by atoms with E-state index in [0.29, 0.717) is 57.3 Å². The lowest BCUT2D eigenvalue weighted by Crippen LogP contribution is -2.52. The van der Waals surface area contributed by atoms with Crippen molar-refractivity contribution >= 4 is 23.4 Å². The van der Waals surface area contributed by atoms with Crippen LogP contribution in [0.25, 0.3) is 0 Å². The summed E-state index contributed by atoms with van der Waals surface area (Å²) >= 11 is 0. The molecule has 0 radical (unpaired) electrons.